The molecular weight excluding hydrogens is 120 g/mol. The predicted octanol–water partition coefficient (Wildman–Crippen LogP) is 0.220. The first-order chi connectivity index (χ1) is 4.18. The number of rotatable bonds is 2. The Morgan fingerprint density at radius 3 is 2.00 bits per heavy atom. The zero-order valence-corrected chi connectivity index (χ0v) is 6.18. The van der Waals surface area contributed by atoms with Gasteiger partial charge in [-0.15, -0.1) is 0 Å². The Labute approximate surface area is 55.6 Å². The van der Waals surface area contributed by atoms with Crippen LogP contribution < -0.4 is 0 Å². The van der Waals surface area contributed by atoms with Crippen molar-refractivity contribution >= 4 is 5.78 Å². The van der Waals surface area contributed by atoms with Crippen LogP contribution in [0.4, 0.5) is 0 Å². The molecule has 1 N–H and O–H groups in total. The molecule has 0 fully saturated rings. The number of methoxy groups -OCH3 is 1. The molecule has 0 saturated carbocycles. The highest BCUT2D eigenvalue weighted by Crippen LogP contribution is 1.65. The lowest BCUT2D eigenvalue weighted by Crippen LogP contribution is -1.98. The molecule has 0 aliphatic carbocycles. The third-order valence-corrected chi connectivity index (χ3v) is 0.348. The summed E-state index contributed by atoms with van der Waals surface area (Å²) in [5.41, 5.74) is 0. The Bertz CT molecular complexity index is 61.3. The minimum absolute atomic E-state index is 0.0671. The molecule has 3 heteroatoms. The van der Waals surface area contributed by atoms with Gasteiger partial charge in [0.2, 0.25) is 0 Å². The van der Waals surface area contributed by atoms with Crippen molar-refractivity contribution in [3.63, 3.8) is 0 Å². The summed E-state index contributed by atoms with van der Waals surface area (Å²) in [6.07, 6.45) is 0. The second-order valence-corrected chi connectivity index (χ2v) is 1.45. The summed E-state index contributed by atoms with van der Waals surface area (Å²) in [4.78, 5) is 9.92. The molecule has 0 aromatic heterocycles. The van der Waals surface area contributed by atoms with Gasteiger partial charge in [0.25, 0.3) is 0 Å². The van der Waals surface area contributed by atoms with Crippen LogP contribution in [-0.4, -0.2) is 31.2 Å². The minimum atomic E-state index is 0.0671. The molecule has 0 rings (SSSR count). The van der Waals surface area contributed by atoms with E-state index in [-0.39, 0.29) is 19.0 Å². The Hall–Kier alpha value is -0.410. The molecule has 0 amide bonds. The van der Waals surface area contributed by atoms with E-state index < -0.39 is 0 Å². The zero-order valence-electron chi connectivity index (χ0n) is 6.18. The van der Waals surface area contributed by atoms with Gasteiger partial charge in [0.1, 0.15) is 6.61 Å². The Morgan fingerprint density at radius 2 is 2.00 bits per heavy atom. The van der Waals surface area contributed by atoms with Crippen LogP contribution in [0.15, 0.2) is 0 Å². The quantitative estimate of drug-likeness (QED) is 0.587. The van der Waals surface area contributed by atoms with Crippen molar-refractivity contribution < 1.29 is 14.6 Å². The van der Waals surface area contributed by atoms with E-state index in [4.69, 9.17) is 5.11 Å². The van der Waals surface area contributed by atoms with Crippen LogP contribution in [0.1, 0.15) is 13.8 Å². The van der Waals surface area contributed by atoms with Gasteiger partial charge in [-0.25, -0.2) is 0 Å². The van der Waals surface area contributed by atoms with Crippen molar-refractivity contribution in [1.29, 1.82) is 0 Å². The van der Waals surface area contributed by atoms with Crippen LogP contribution in [0.5, 0.6) is 0 Å². The second-order valence-electron chi connectivity index (χ2n) is 1.45. The van der Waals surface area contributed by atoms with Crippen LogP contribution in [0, 0.1) is 0 Å². The van der Waals surface area contributed by atoms with Crippen molar-refractivity contribution in [3.8, 4) is 0 Å². The number of hydrogen-bond acceptors (Lipinski definition) is 3. The van der Waals surface area contributed by atoms with E-state index in [0.717, 1.165) is 0 Å². The van der Waals surface area contributed by atoms with Gasteiger partial charge in [-0.3, -0.25) is 4.79 Å². The van der Waals surface area contributed by atoms with Crippen molar-refractivity contribution in [3.05, 3.63) is 0 Å². The van der Waals surface area contributed by atoms with Gasteiger partial charge in [0, 0.05) is 13.7 Å². The minimum Gasteiger partial charge on any atom is -0.397 e. The second kappa shape index (κ2) is 10.5. The first kappa shape index (κ1) is 11.4. The van der Waals surface area contributed by atoms with E-state index >= 15 is 0 Å². The molecule has 0 aromatic carbocycles. The number of aliphatic hydroxyl groups excluding tert-OH is 1. The van der Waals surface area contributed by atoms with E-state index in [1.54, 1.807) is 6.92 Å². The van der Waals surface area contributed by atoms with Crippen LogP contribution in [0.2, 0.25) is 0 Å². The van der Waals surface area contributed by atoms with Gasteiger partial charge in [-0.05, 0) is 13.8 Å². The van der Waals surface area contributed by atoms with Crippen molar-refractivity contribution in [2.24, 2.45) is 0 Å². The number of carbonyl (C=O) groups excluding carboxylic acids is 1. The van der Waals surface area contributed by atoms with E-state index in [0.29, 0.717) is 0 Å². The lowest BCUT2D eigenvalue weighted by molar-refractivity contribution is -0.120. The molecule has 0 heterocycles. The zero-order chi connectivity index (χ0) is 7.70. The molecule has 0 aliphatic heterocycles. The van der Waals surface area contributed by atoms with E-state index in [1.807, 2.05) is 0 Å². The van der Waals surface area contributed by atoms with Crippen LogP contribution in [0.3, 0.4) is 0 Å². The van der Waals surface area contributed by atoms with Crippen molar-refractivity contribution in [2.75, 3.05) is 20.3 Å². The molecule has 0 unspecified atom stereocenters. The van der Waals surface area contributed by atoms with E-state index in [1.165, 1.54) is 14.0 Å². The molecule has 0 aromatic rings. The Morgan fingerprint density at radius 1 is 1.67 bits per heavy atom. The maximum absolute atomic E-state index is 9.92. The van der Waals surface area contributed by atoms with E-state index in [2.05, 4.69) is 4.74 Å². The molecule has 0 atom stereocenters. The first-order valence-electron chi connectivity index (χ1n) is 2.78. The normalized spacial score (nSPS) is 7.56. The molecule has 0 bridgehead atoms. The highest BCUT2D eigenvalue weighted by Gasteiger charge is 1.83. The monoisotopic (exact) mass is 134 g/mol. The number of aliphatic hydroxyl groups is 1. The molecule has 9 heavy (non-hydrogen) atoms. The van der Waals surface area contributed by atoms with Gasteiger partial charge in [0.05, 0.1) is 0 Å². The largest absolute Gasteiger partial charge is 0.397 e. The number of ether oxygens (including phenoxy) is 1. The van der Waals surface area contributed by atoms with Crippen LogP contribution >= 0.6 is 0 Å². The van der Waals surface area contributed by atoms with Gasteiger partial charge in [0.15, 0.2) is 5.78 Å². The highest BCUT2D eigenvalue weighted by molar-refractivity contribution is 5.76. The SMILES string of the molecule is CCO.COCC(C)=O. The number of hydrogen-bond donors (Lipinski definition) is 1. The van der Waals surface area contributed by atoms with E-state index in [9.17, 15) is 4.79 Å². The average Bonchev–Trinajstić information content (AvgIpc) is 1.67. The summed E-state index contributed by atoms with van der Waals surface area (Å²) >= 11 is 0. The fourth-order valence-electron chi connectivity index (χ4n) is 0.203. The maximum atomic E-state index is 9.92. The Balaban J connectivity index is 0. The molecule has 0 aliphatic rings. The summed E-state index contributed by atoms with van der Waals surface area (Å²) in [6, 6.07) is 0. The highest BCUT2D eigenvalue weighted by atomic mass is 16.5. The molecule has 3 nitrogen and oxygen atoms in total. The third-order valence-electron chi connectivity index (χ3n) is 0.348. The summed E-state index contributed by atoms with van der Waals surface area (Å²) in [5, 5.41) is 7.57. The fraction of sp³-hybridized carbons (Fsp3) is 0.833. The third kappa shape index (κ3) is 35.4. The number of Topliss-reactive ketones (excluding diaryl/α,β-unsaturated/α-hetero) is 1. The molecular formula is C6H14O3. The smallest absolute Gasteiger partial charge is 0.155 e. The summed E-state index contributed by atoms with van der Waals surface area (Å²) < 4.78 is 4.45. The Kier molecular flexibility index (Phi) is 13.4. The van der Waals surface area contributed by atoms with Gasteiger partial charge in [-0.1, -0.05) is 0 Å². The molecule has 0 spiro atoms. The van der Waals surface area contributed by atoms with Crippen LogP contribution in [0.25, 0.3) is 0 Å². The lowest BCUT2D eigenvalue weighted by atomic mass is 10.5. The molecule has 0 saturated heterocycles. The topological polar surface area (TPSA) is 46.5 Å². The summed E-state index contributed by atoms with van der Waals surface area (Å²) in [7, 11) is 1.50. The maximum Gasteiger partial charge on any atom is 0.155 e. The number of ketones is 1. The summed E-state index contributed by atoms with van der Waals surface area (Å²) in [5.74, 6) is 0.0671. The van der Waals surface area contributed by atoms with Gasteiger partial charge >= 0.3 is 0 Å². The lowest BCUT2D eigenvalue weighted by Gasteiger charge is -1.84. The first-order valence-corrected chi connectivity index (χ1v) is 2.78. The predicted molar refractivity (Wildman–Crippen MR) is 35.3 cm³/mol. The number of carbonyl (C=O) groups is 1. The van der Waals surface area contributed by atoms with Gasteiger partial charge in [-0.2, -0.15) is 0 Å². The molecule has 0 radical (unpaired) electrons. The summed E-state index contributed by atoms with van der Waals surface area (Å²) in [6.45, 7) is 3.66. The van der Waals surface area contributed by atoms with Crippen LogP contribution in [-0.2, 0) is 9.53 Å². The van der Waals surface area contributed by atoms with Crippen molar-refractivity contribution in [1.82, 2.24) is 0 Å². The van der Waals surface area contributed by atoms with Crippen molar-refractivity contribution in [2.45, 2.75) is 13.8 Å². The molecule has 56 valence electrons. The standard InChI is InChI=1S/C4H8O2.C2H6O/c1-4(5)3-6-2;1-2-3/h3H2,1-2H3;3H,2H2,1H3. The fourth-order valence-corrected chi connectivity index (χ4v) is 0.203. The average molecular weight is 134 g/mol. The van der Waals surface area contributed by atoms with Gasteiger partial charge < -0.3 is 9.84 Å².